The first-order valence-electron chi connectivity index (χ1n) is 5.38. The second-order valence-corrected chi connectivity index (χ2v) is 3.67. The van der Waals surface area contributed by atoms with E-state index in [2.05, 4.69) is 15.3 Å². The topological polar surface area (TPSA) is 83.8 Å². The van der Waals surface area contributed by atoms with Gasteiger partial charge in [-0.25, -0.2) is 4.98 Å². The summed E-state index contributed by atoms with van der Waals surface area (Å²) in [5.41, 5.74) is 6.77. The van der Waals surface area contributed by atoms with Crippen molar-refractivity contribution in [2.45, 2.75) is 6.42 Å². The number of hydrogen-bond acceptors (Lipinski definition) is 3. The number of nitrogens with two attached hydrogens (primary N) is 1. The number of rotatable bonds is 4. The molecule has 0 spiro atoms. The molecule has 5 heteroatoms. The maximum atomic E-state index is 11.7. The lowest BCUT2D eigenvalue weighted by Gasteiger charge is -2.04. The van der Waals surface area contributed by atoms with Crippen LogP contribution in [0.4, 0.5) is 5.69 Å². The highest BCUT2D eigenvalue weighted by Crippen LogP contribution is 2.05. The molecule has 2 aromatic rings. The number of nitrogens with zero attached hydrogens (tertiary/aromatic N) is 1. The van der Waals surface area contributed by atoms with Crippen molar-refractivity contribution in [2.24, 2.45) is 0 Å². The molecule has 1 amide bonds. The van der Waals surface area contributed by atoms with Crippen LogP contribution in [-0.4, -0.2) is 22.4 Å². The van der Waals surface area contributed by atoms with Crippen LogP contribution in [0.5, 0.6) is 0 Å². The van der Waals surface area contributed by atoms with E-state index in [1.165, 1.54) is 0 Å². The Balaban J connectivity index is 1.85. The van der Waals surface area contributed by atoms with Crippen LogP contribution in [0.25, 0.3) is 0 Å². The standard InChI is InChI=1S/C12H14N4O/c13-10-3-1-2-9(8-10)12(17)16-5-4-11-14-6-7-15-11/h1-3,6-8H,4-5,13H2,(H,14,15)(H,16,17). The zero-order valence-electron chi connectivity index (χ0n) is 9.31. The number of aromatic amines is 1. The zero-order chi connectivity index (χ0) is 12.1. The van der Waals surface area contributed by atoms with Crippen LogP contribution in [0, 0.1) is 0 Å². The Morgan fingerprint density at radius 3 is 3.06 bits per heavy atom. The molecule has 17 heavy (non-hydrogen) atoms. The van der Waals surface area contributed by atoms with Gasteiger partial charge in [-0.2, -0.15) is 0 Å². The molecule has 2 rings (SSSR count). The molecule has 0 saturated heterocycles. The van der Waals surface area contributed by atoms with Gasteiger partial charge in [0.15, 0.2) is 0 Å². The first-order valence-corrected chi connectivity index (χ1v) is 5.38. The minimum Gasteiger partial charge on any atom is -0.399 e. The molecular formula is C12H14N4O. The molecule has 0 fully saturated rings. The van der Waals surface area contributed by atoms with E-state index in [4.69, 9.17) is 5.73 Å². The van der Waals surface area contributed by atoms with Crippen LogP contribution in [0.2, 0.25) is 0 Å². The van der Waals surface area contributed by atoms with E-state index in [0.29, 0.717) is 24.2 Å². The molecule has 4 N–H and O–H groups in total. The number of carbonyl (C=O) groups is 1. The predicted molar refractivity (Wildman–Crippen MR) is 65.5 cm³/mol. The number of hydrogen-bond donors (Lipinski definition) is 3. The fraction of sp³-hybridized carbons (Fsp3) is 0.167. The number of aromatic nitrogens is 2. The van der Waals surface area contributed by atoms with E-state index in [1.54, 1.807) is 36.7 Å². The quantitative estimate of drug-likeness (QED) is 0.684. The largest absolute Gasteiger partial charge is 0.399 e. The number of carbonyl (C=O) groups excluding carboxylic acids is 1. The normalized spacial score (nSPS) is 10.1. The molecule has 1 aromatic carbocycles. The van der Waals surface area contributed by atoms with Gasteiger partial charge in [0.2, 0.25) is 0 Å². The smallest absolute Gasteiger partial charge is 0.251 e. The molecule has 0 aliphatic rings. The van der Waals surface area contributed by atoms with Gasteiger partial charge in [-0.1, -0.05) is 6.07 Å². The molecule has 0 bridgehead atoms. The number of nitrogen functional groups attached to an aromatic ring is 1. The van der Waals surface area contributed by atoms with E-state index in [-0.39, 0.29) is 5.91 Å². The van der Waals surface area contributed by atoms with Crippen LogP contribution in [0.1, 0.15) is 16.2 Å². The average molecular weight is 230 g/mol. The summed E-state index contributed by atoms with van der Waals surface area (Å²) in [4.78, 5) is 18.8. The third-order valence-corrected chi connectivity index (χ3v) is 2.35. The molecule has 0 unspecified atom stereocenters. The lowest BCUT2D eigenvalue weighted by Crippen LogP contribution is -2.25. The molecule has 88 valence electrons. The fourth-order valence-corrected chi connectivity index (χ4v) is 1.51. The first-order chi connectivity index (χ1) is 8.25. The van der Waals surface area contributed by atoms with Gasteiger partial charge >= 0.3 is 0 Å². The summed E-state index contributed by atoms with van der Waals surface area (Å²) in [6, 6.07) is 6.90. The summed E-state index contributed by atoms with van der Waals surface area (Å²) in [5, 5.41) is 2.81. The maximum absolute atomic E-state index is 11.7. The van der Waals surface area contributed by atoms with Crippen molar-refractivity contribution in [1.29, 1.82) is 0 Å². The van der Waals surface area contributed by atoms with E-state index in [0.717, 1.165) is 5.82 Å². The fourth-order valence-electron chi connectivity index (χ4n) is 1.51. The summed E-state index contributed by atoms with van der Waals surface area (Å²) in [6.45, 7) is 0.543. The Kier molecular flexibility index (Phi) is 3.40. The zero-order valence-corrected chi connectivity index (χ0v) is 9.31. The van der Waals surface area contributed by atoms with Crippen LogP contribution in [0.3, 0.4) is 0 Å². The van der Waals surface area contributed by atoms with Crippen molar-refractivity contribution < 1.29 is 4.79 Å². The summed E-state index contributed by atoms with van der Waals surface area (Å²) >= 11 is 0. The Hall–Kier alpha value is -2.30. The van der Waals surface area contributed by atoms with E-state index in [9.17, 15) is 4.79 Å². The van der Waals surface area contributed by atoms with E-state index in [1.807, 2.05) is 0 Å². The third-order valence-electron chi connectivity index (χ3n) is 2.35. The number of imidazole rings is 1. The molecular weight excluding hydrogens is 216 g/mol. The highest BCUT2D eigenvalue weighted by atomic mass is 16.1. The average Bonchev–Trinajstić information content (AvgIpc) is 2.82. The molecule has 1 aromatic heterocycles. The van der Waals surface area contributed by atoms with E-state index >= 15 is 0 Å². The molecule has 0 atom stereocenters. The van der Waals surface area contributed by atoms with Crippen LogP contribution >= 0.6 is 0 Å². The molecule has 0 aliphatic heterocycles. The summed E-state index contributed by atoms with van der Waals surface area (Å²) in [7, 11) is 0. The van der Waals surface area contributed by atoms with Crippen molar-refractivity contribution in [1.82, 2.24) is 15.3 Å². The second-order valence-electron chi connectivity index (χ2n) is 3.67. The lowest BCUT2D eigenvalue weighted by atomic mass is 10.2. The number of benzene rings is 1. The van der Waals surface area contributed by atoms with Gasteiger partial charge in [0.1, 0.15) is 5.82 Å². The van der Waals surface area contributed by atoms with Crippen molar-refractivity contribution in [3.63, 3.8) is 0 Å². The Bertz CT molecular complexity index is 493. The monoisotopic (exact) mass is 230 g/mol. The predicted octanol–water partition coefficient (Wildman–Crippen LogP) is 0.964. The van der Waals surface area contributed by atoms with Gasteiger partial charge in [-0.15, -0.1) is 0 Å². The van der Waals surface area contributed by atoms with E-state index < -0.39 is 0 Å². The van der Waals surface area contributed by atoms with Crippen LogP contribution in [0.15, 0.2) is 36.7 Å². The molecule has 5 nitrogen and oxygen atoms in total. The number of H-pyrrole nitrogens is 1. The van der Waals surface area contributed by atoms with Crippen LogP contribution < -0.4 is 11.1 Å². The molecule has 1 heterocycles. The summed E-state index contributed by atoms with van der Waals surface area (Å²) in [6.07, 6.45) is 4.13. The van der Waals surface area contributed by atoms with Crippen LogP contribution in [-0.2, 0) is 6.42 Å². The van der Waals surface area contributed by atoms with Crippen molar-refractivity contribution in [3.8, 4) is 0 Å². The summed E-state index contributed by atoms with van der Waals surface area (Å²) < 4.78 is 0. The van der Waals surface area contributed by atoms with Gasteiger partial charge < -0.3 is 16.0 Å². The SMILES string of the molecule is Nc1cccc(C(=O)NCCc2ncc[nH]2)c1. The Morgan fingerprint density at radius 1 is 1.47 bits per heavy atom. The summed E-state index contributed by atoms with van der Waals surface area (Å²) in [5.74, 6) is 0.738. The minimum atomic E-state index is -0.121. The number of amides is 1. The van der Waals surface area contributed by atoms with Gasteiger partial charge in [-0.05, 0) is 18.2 Å². The highest BCUT2D eigenvalue weighted by Gasteiger charge is 2.04. The first kappa shape index (κ1) is 11.2. The molecule has 0 aliphatic carbocycles. The second kappa shape index (κ2) is 5.16. The van der Waals surface area contributed by atoms with Gasteiger partial charge in [0.25, 0.3) is 5.91 Å². The molecule has 0 radical (unpaired) electrons. The number of anilines is 1. The maximum Gasteiger partial charge on any atom is 0.251 e. The Morgan fingerprint density at radius 2 is 2.35 bits per heavy atom. The van der Waals surface area contributed by atoms with Crippen molar-refractivity contribution >= 4 is 11.6 Å². The number of nitrogens with one attached hydrogen (secondary N) is 2. The van der Waals surface area contributed by atoms with Gasteiger partial charge in [0.05, 0.1) is 0 Å². The third kappa shape index (κ3) is 3.07. The Labute approximate surface area is 99.1 Å². The van der Waals surface area contributed by atoms with Gasteiger partial charge in [0, 0.05) is 36.6 Å². The minimum absolute atomic E-state index is 0.121. The lowest BCUT2D eigenvalue weighted by molar-refractivity contribution is 0.0954. The molecule has 0 saturated carbocycles. The van der Waals surface area contributed by atoms with Crippen molar-refractivity contribution in [2.75, 3.05) is 12.3 Å². The highest BCUT2D eigenvalue weighted by molar-refractivity contribution is 5.94. The van der Waals surface area contributed by atoms with Gasteiger partial charge in [-0.3, -0.25) is 4.79 Å². The van der Waals surface area contributed by atoms with Crippen molar-refractivity contribution in [3.05, 3.63) is 48.0 Å².